The van der Waals surface area contributed by atoms with E-state index in [4.69, 9.17) is 9.47 Å². The number of benzene rings is 3. The van der Waals surface area contributed by atoms with Gasteiger partial charge in [-0.1, -0.05) is 60.2 Å². The molecule has 3 rings (SSSR count). The highest BCUT2D eigenvalue weighted by molar-refractivity contribution is 5.89. The molecule has 0 heterocycles. The summed E-state index contributed by atoms with van der Waals surface area (Å²) in [6.45, 7) is 2.24. The minimum absolute atomic E-state index is 0.218. The molecule has 0 aliphatic carbocycles. The van der Waals surface area contributed by atoms with Crippen molar-refractivity contribution in [3.8, 4) is 5.75 Å². The van der Waals surface area contributed by atoms with Crippen molar-refractivity contribution < 1.29 is 19.1 Å². The Morgan fingerprint density at radius 1 is 0.786 bits per heavy atom. The molecule has 0 aliphatic heterocycles. The van der Waals surface area contributed by atoms with Gasteiger partial charge in [-0.3, -0.25) is 4.79 Å². The molecule has 0 amide bonds. The molecule has 3 aromatic rings. The van der Waals surface area contributed by atoms with E-state index in [9.17, 15) is 9.59 Å². The molecule has 0 bridgehead atoms. The highest BCUT2D eigenvalue weighted by Gasteiger charge is 2.10. The van der Waals surface area contributed by atoms with Crippen LogP contribution in [0.5, 0.6) is 5.75 Å². The minimum Gasteiger partial charge on any atom is -0.457 e. The minimum atomic E-state index is -0.416. The van der Waals surface area contributed by atoms with E-state index in [1.165, 1.54) is 5.56 Å². The van der Waals surface area contributed by atoms with Crippen molar-refractivity contribution in [2.24, 2.45) is 0 Å². The van der Waals surface area contributed by atoms with E-state index < -0.39 is 5.97 Å². The number of esters is 2. The second-order valence-electron chi connectivity index (χ2n) is 6.55. The van der Waals surface area contributed by atoms with Gasteiger partial charge in [0, 0.05) is 6.42 Å². The summed E-state index contributed by atoms with van der Waals surface area (Å²) in [7, 11) is 0. The maximum absolute atomic E-state index is 12.1. The highest BCUT2D eigenvalue weighted by Crippen LogP contribution is 2.15. The van der Waals surface area contributed by atoms with Gasteiger partial charge in [-0.05, 0) is 48.7 Å². The Morgan fingerprint density at radius 3 is 2.14 bits per heavy atom. The van der Waals surface area contributed by atoms with Gasteiger partial charge in [-0.15, -0.1) is 0 Å². The van der Waals surface area contributed by atoms with E-state index in [-0.39, 0.29) is 12.6 Å². The van der Waals surface area contributed by atoms with E-state index >= 15 is 0 Å². The van der Waals surface area contributed by atoms with Crippen molar-refractivity contribution >= 4 is 11.9 Å². The first-order valence-corrected chi connectivity index (χ1v) is 9.17. The zero-order chi connectivity index (χ0) is 19.8. The maximum atomic E-state index is 12.1. The van der Waals surface area contributed by atoms with E-state index in [0.29, 0.717) is 24.2 Å². The molecule has 0 N–H and O–H groups in total. The fourth-order valence-electron chi connectivity index (χ4n) is 2.65. The number of carbonyl (C=O) groups is 2. The van der Waals surface area contributed by atoms with Gasteiger partial charge in [0.2, 0.25) is 0 Å². The molecule has 0 unspecified atom stereocenters. The van der Waals surface area contributed by atoms with Crippen molar-refractivity contribution in [2.45, 2.75) is 26.4 Å². The summed E-state index contributed by atoms with van der Waals surface area (Å²) in [5, 5.41) is 0. The number of ether oxygens (including phenoxy) is 2. The Labute approximate surface area is 164 Å². The Hall–Kier alpha value is -3.40. The van der Waals surface area contributed by atoms with Gasteiger partial charge in [-0.25, -0.2) is 4.79 Å². The molecular weight excluding hydrogens is 352 g/mol. The van der Waals surface area contributed by atoms with Gasteiger partial charge < -0.3 is 9.47 Å². The molecule has 28 heavy (non-hydrogen) atoms. The van der Waals surface area contributed by atoms with Gasteiger partial charge in [0.25, 0.3) is 0 Å². The third kappa shape index (κ3) is 5.81. The second kappa shape index (κ2) is 9.51. The first kappa shape index (κ1) is 19.4. The van der Waals surface area contributed by atoms with E-state index in [1.807, 2.05) is 61.5 Å². The molecular formula is C24H22O4. The van der Waals surface area contributed by atoms with Crippen LogP contribution in [0.25, 0.3) is 0 Å². The summed E-state index contributed by atoms with van der Waals surface area (Å²) >= 11 is 0. The van der Waals surface area contributed by atoms with Gasteiger partial charge in [0.1, 0.15) is 12.4 Å². The average molecular weight is 374 g/mol. The van der Waals surface area contributed by atoms with Crippen LogP contribution < -0.4 is 4.74 Å². The molecule has 0 radical (unpaired) electrons. The zero-order valence-corrected chi connectivity index (χ0v) is 15.8. The fraction of sp³-hybridized carbons (Fsp3) is 0.167. The van der Waals surface area contributed by atoms with Crippen LogP contribution in [0.4, 0.5) is 0 Å². The third-order valence-electron chi connectivity index (χ3n) is 4.27. The summed E-state index contributed by atoms with van der Waals surface area (Å²) in [5.41, 5.74) is 3.62. The highest BCUT2D eigenvalue weighted by atomic mass is 16.5. The topological polar surface area (TPSA) is 52.6 Å². The third-order valence-corrected chi connectivity index (χ3v) is 4.27. The molecule has 0 atom stereocenters. The summed E-state index contributed by atoms with van der Waals surface area (Å²) < 4.78 is 10.6. The predicted molar refractivity (Wildman–Crippen MR) is 107 cm³/mol. The molecule has 3 aromatic carbocycles. The van der Waals surface area contributed by atoms with E-state index in [0.717, 1.165) is 11.1 Å². The van der Waals surface area contributed by atoms with Crippen LogP contribution in [-0.2, 0) is 22.6 Å². The van der Waals surface area contributed by atoms with Crippen LogP contribution in [0.15, 0.2) is 78.9 Å². The van der Waals surface area contributed by atoms with Crippen molar-refractivity contribution in [3.63, 3.8) is 0 Å². The molecule has 4 heteroatoms. The largest absolute Gasteiger partial charge is 0.457 e. The van der Waals surface area contributed by atoms with Gasteiger partial charge >= 0.3 is 11.9 Å². The lowest BCUT2D eigenvalue weighted by Gasteiger charge is -2.07. The standard InChI is InChI=1S/C24H22O4/c1-18-7-9-19(10-8-18)11-16-23(25)28-22-14-12-21(13-15-22)24(26)27-17-20-5-3-2-4-6-20/h2-10,12-15H,11,16-17H2,1H3. The lowest BCUT2D eigenvalue weighted by atomic mass is 10.1. The summed E-state index contributed by atoms with van der Waals surface area (Å²) in [6.07, 6.45) is 0.924. The monoisotopic (exact) mass is 374 g/mol. The fourth-order valence-corrected chi connectivity index (χ4v) is 2.65. The van der Waals surface area contributed by atoms with E-state index in [2.05, 4.69) is 0 Å². The summed E-state index contributed by atoms with van der Waals surface area (Å²) in [4.78, 5) is 24.1. The Morgan fingerprint density at radius 2 is 1.46 bits per heavy atom. The molecule has 0 saturated heterocycles. The maximum Gasteiger partial charge on any atom is 0.338 e. The molecule has 0 aromatic heterocycles. The number of hydrogen-bond donors (Lipinski definition) is 0. The Kier molecular flexibility index (Phi) is 6.58. The lowest BCUT2D eigenvalue weighted by Crippen LogP contribution is -2.09. The zero-order valence-electron chi connectivity index (χ0n) is 15.8. The quantitative estimate of drug-likeness (QED) is 0.436. The van der Waals surface area contributed by atoms with Crippen molar-refractivity contribution in [1.82, 2.24) is 0 Å². The number of carbonyl (C=O) groups excluding carboxylic acids is 2. The predicted octanol–water partition coefficient (Wildman–Crippen LogP) is 4.89. The van der Waals surface area contributed by atoms with Crippen LogP contribution >= 0.6 is 0 Å². The van der Waals surface area contributed by atoms with Crippen molar-refractivity contribution in [3.05, 3.63) is 101 Å². The first-order valence-electron chi connectivity index (χ1n) is 9.17. The lowest BCUT2D eigenvalue weighted by molar-refractivity contribution is -0.134. The summed E-state index contributed by atoms with van der Waals surface area (Å²) in [5.74, 6) is -0.311. The Bertz CT molecular complexity index is 913. The Balaban J connectivity index is 1.47. The number of rotatable bonds is 7. The van der Waals surface area contributed by atoms with Crippen molar-refractivity contribution in [2.75, 3.05) is 0 Å². The second-order valence-corrected chi connectivity index (χ2v) is 6.55. The van der Waals surface area contributed by atoms with Crippen LogP contribution in [-0.4, -0.2) is 11.9 Å². The van der Waals surface area contributed by atoms with Crippen LogP contribution in [0.2, 0.25) is 0 Å². The van der Waals surface area contributed by atoms with Gasteiger partial charge in [-0.2, -0.15) is 0 Å². The normalized spacial score (nSPS) is 10.3. The molecule has 0 fully saturated rings. The van der Waals surface area contributed by atoms with E-state index in [1.54, 1.807) is 24.3 Å². The smallest absolute Gasteiger partial charge is 0.338 e. The molecule has 142 valence electrons. The molecule has 0 aliphatic rings. The van der Waals surface area contributed by atoms with Crippen LogP contribution in [0.3, 0.4) is 0 Å². The van der Waals surface area contributed by atoms with Crippen molar-refractivity contribution in [1.29, 1.82) is 0 Å². The SMILES string of the molecule is Cc1ccc(CCC(=O)Oc2ccc(C(=O)OCc3ccccc3)cc2)cc1. The first-order chi connectivity index (χ1) is 13.6. The van der Waals surface area contributed by atoms with Gasteiger partial charge in [0.05, 0.1) is 5.56 Å². The van der Waals surface area contributed by atoms with Crippen LogP contribution in [0.1, 0.15) is 33.5 Å². The average Bonchev–Trinajstić information content (AvgIpc) is 2.73. The van der Waals surface area contributed by atoms with Crippen LogP contribution in [0, 0.1) is 6.92 Å². The molecule has 0 spiro atoms. The summed E-state index contributed by atoms with van der Waals surface area (Å²) in [6, 6.07) is 23.9. The number of hydrogen-bond acceptors (Lipinski definition) is 4. The molecule has 4 nitrogen and oxygen atoms in total. The number of aryl methyl sites for hydroxylation is 2. The molecule has 0 saturated carbocycles. The van der Waals surface area contributed by atoms with Gasteiger partial charge in [0.15, 0.2) is 0 Å².